The van der Waals surface area contributed by atoms with E-state index in [0.717, 1.165) is 11.9 Å². The lowest BCUT2D eigenvalue weighted by molar-refractivity contribution is 0.163. The Morgan fingerprint density at radius 2 is 2.31 bits per heavy atom. The summed E-state index contributed by atoms with van der Waals surface area (Å²) >= 11 is 0. The molecule has 4 nitrogen and oxygen atoms in total. The number of methoxy groups -OCH3 is 1. The van der Waals surface area contributed by atoms with Gasteiger partial charge in [-0.2, -0.15) is 0 Å². The zero-order chi connectivity index (χ0) is 11.5. The Balaban J connectivity index is 2.00. The van der Waals surface area contributed by atoms with Gasteiger partial charge in [0.2, 0.25) is 5.95 Å². The van der Waals surface area contributed by atoms with E-state index in [9.17, 15) is 0 Å². The average Bonchev–Trinajstić information content (AvgIpc) is 3.00. The van der Waals surface area contributed by atoms with E-state index in [1.165, 1.54) is 12.8 Å². The third kappa shape index (κ3) is 2.55. The first-order chi connectivity index (χ1) is 7.72. The quantitative estimate of drug-likeness (QED) is 0.804. The normalized spacial score (nSPS) is 19.4. The molecule has 0 aliphatic heterocycles. The lowest BCUT2D eigenvalue weighted by Gasteiger charge is -2.19. The van der Waals surface area contributed by atoms with Gasteiger partial charge in [0.15, 0.2) is 0 Å². The topological polar surface area (TPSA) is 39.1 Å². The van der Waals surface area contributed by atoms with Crippen LogP contribution in [-0.2, 0) is 4.74 Å². The number of anilines is 1. The summed E-state index contributed by atoms with van der Waals surface area (Å²) < 4.78 is 7.31. The molecule has 0 aromatic carbocycles. The van der Waals surface area contributed by atoms with Gasteiger partial charge in [0, 0.05) is 25.5 Å². The van der Waals surface area contributed by atoms with Crippen molar-refractivity contribution in [2.75, 3.05) is 19.0 Å². The Kier molecular flexibility index (Phi) is 3.49. The predicted molar refractivity (Wildman–Crippen MR) is 64.6 cm³/mol. The van der Waals surface area contributed by atoms with Crippen LogP contribution < -0.4 is 5.32 Å². The monoisotopic (exact) mass is 223 g/mol. The van der Waals surface area contributed by atoms with E-state index in [1.807, 2.05) is 12.4 Å². The van der Waals surface area contributed by atoms with Gasteiger partial charge in [0.25, 0.3) is 0 Å². The van der Waals surface area contributed by atoms with Gasteiger partial charge in [-0.15, -0.1) is 0 Å². The molecule has 1 saturated carbocycles. The van der Waals surface area contributed by atoms with E-state index in [0.29, 0.717) is 18.7 Å². The van der Waals surface area contributed by atoms with E-state index >= 15 is 0 Å². The molecule has 1 fully saturated rings. The zero-order valence-corrected chi connectivity index (χ0v) is 10.3. The molecule has 1 N–H and O–H groups in total. The van der Waals surface area contributed by atoms with Gasteiger partial charge in [-0.3, -0.25) is 0 Å². The Morgan fingerprint density at radius 1 is 1.56 bits per heavy atom. The van der Waals surface area contributed by atoms with E-state index in [-0.39, 0.29) is 0 Å². The molecular weight excluding hydrogens is 202 g/mol. The van der Waals surface area contributed by atoms with E-state index in [1.54, 1.807) is 7.11 Å². The maximum Gasteiger partial charge on any atom is 0.203 e. The maximum absolute atomic E-state index is 5.17. The van der Waals surface area contributed by atoms with Crippen molar-refractivity contribution in [2.45, 2.75) is 38.8 Å². The molecule has 0 radical (unpaired) electrons. The molecule has 2 atom stereocenters. The number of hydrogen-bond donors (Lipinski definition) is 1. The minimum absolute atomic E-state index is 0.321. The van der Waals surface area contributed by atoms with Gasteiger partial charge in [-0.25, -0.2) is 4.98 Å². The molecule has 1 aliphatic carbocycles. The highest BCUT2D eigenvalue weighted by molar-refractivity contribution is 5.29. The number of rotatable bonds is 6. The summed E-state index contributed by atoms with van der Waals surface area (Å²) in [5.74, 6) is 1.80. The number of hydrogen-bond acceptors (Lipinski definition) is 3. The first kappa shape index (κ1) is 11.5. The van der Waals surface area contributed by atoms with Crippen LogP contribution in [0.25, 0.3) is 0 Å². The summed E-state index contributed by atoms with van der Waals surface area (Å²) in [5, 5.41) is 3.49. The van der Waals surface area contributed by atoms with Crippen molar-refractivity contribution in [3.8, 4) is 0 Å². The van der Waals surface area contributed by atoms with Crippen LogP contribution in [0.3, 0.4) is 0 Å². The van der Waals surface area contributed by atoms with E-state index < -0.39 is 0 Å². The summed E-state index contributed by atoms with van der Waals surface area (Å²) in [6.07, 6.45) is 6.55. The van der Waals surface area contributed by atoms with Gasteiger partial charge in [-0.05, 0) is 32.6 Å². The molecule has 0 bridgehead atoms. The maximum atomic E-state index is 5.17. The first-order valence-electron chi connectivity index (χ1n) is 6.00. The van der Waals surface area contributed by atoms with Gasteiger partial charge in [0.1, 0.15) is 0 Å². The second-order valence-electron chi connectivity index (χ2n) is 4.73. The fourth-order valence-electron chi connectivity index (χ4n) is 2.02. The third-order valence-electron chi connectivity index (χ3n) is 3.24. The molecule has 2 rings (SSSR count). The SMILES string of the molecule is COCC(C)n1ccnc1NC(C)C1CC1. The van der Waals surface area contributed by atoms with Crippen LogP contribution in [0.1, 0.15) is 32.7 Å². The first-order valence-corrected chi connectivity index (χ1v) is 6.00. The fourth-order valence-corrected chi connectivity index (χ4v) is 2.02. The van der Waals surface area contributed by atoms with Crippen molar-refractivity contribution in [3.05, 3.63) is 12.4 Å². The molecule has 4 heteroatoms. The second-order valence-corrected chi connectivity index (χ2v) is 4.73. The van der Waals surface area contributed by atoms with Crippen LogP contribution in [0.2, 0.25) is 0 Å². The van der Waals surface area contributed by atoms with Crippen LogP contribution in [0, 0.1) is 5.92 Å². The van der Waals surface area contributed by atoms with Gasteiger partial charge in [0.05, 0.1) is 12.6 Å². The summed E-state index contributed by atoms with van der Waals surface area (Å²) in [6, 6.07) is 0.845. The fraction of sp³-hybridized carbons (Fsp3) is 0.750. The summed E-state index contributed by atoms with van der Waals surface area (Å²) in [5.41, 5.74) is 0. The average molecular weight is 223 g/mol. The molecule has 0 saturated heterocycles. The minimum Gasteiger partial charge on any atom is -0.383 e. The second kappa shape index (κ2) is 4.87. The molecule has 1 aliphatic rings. The van der Waals surface area contributed by atoms with Crippen LogP contribution in [-0.4, -0.2) is 29.3 Å². The van der Waals surface area contributed by atoms with Crippen LogP contribution >= 0.6 is 0 Å². The Labute approximate surface area is 97.0 Å². The Morgan fingerprint density at radius 3 is 2.94 bits per heavy atom. The molecule has 1 aromatic rings. The number of nitrogens with zero attached hydrogens (tertiary/aromatic N) is 2. The highest BCUT2D eigenvalue weighted by Gasteiger charge is 2.28. The van der Waals surface area contributed by atoms with Gasteiger partial charge < -0.3 is 14.6 Å². The smallest absolute Gasteiger partial charge is 0.203 e. The molecule has 1 heterocycles. The van der Waals surface area contributed by atoms with Crippen molar-refractivity contribution in [2.24, 2.45) is 5.92 Å². The van der Waals surface area contributed by atoms with Gasteiger partial charge >= 0.3 is 0 Å². The minimum atomic E-state index is 0.321. The lowest BCUT2D eigenvalue weighted by Crippen LogP contribution is -2.22. The zero-order valence-electron chi connectivity index (χ0n) is 10.3. The highest BCUT2D eigenvalue weighted by atomic mass is 16.5. The number of nitrogens with one attached hydrogen (secondary N) is 1. The summed E-state index contributed by atoms with van der Waals surface area (Å²) in [4.78, 5) is 4.37. The molecular formula is C12H21N3O. The predicted octanol–water partition coefficient (Wildman–Crippen LogP) is 2.30. The molecule has 2 unspecified atom stereocenters. The third-order valence-corrected chi connectivity index (χ3v) is 3.24. The van der Waals surface area contributed by atoms with Crippen molar-refractivity contribution >= 4 is 5.95 Å². The Bertz CT molecular complexity index is 333. The van der Waals surface area contributed by atoms with Crippen LogP contribution in [0.4, 0.5) is 5.95 Å². The van der Waals surface area contributed by atoms with E-state index in [2.05, 4.69) is 28.7 Å². The van der Waals surface area contributed by atoms with E-state index in [4.69, 9.17) is 4.74 Å². The number of imidazole rings is 1. The molecule has 1 aromatic heterocycles. The number of aromatic nitrogens is 2. The van der Waals surface area contributed by atoms with Crippen molar-refractivity contribution in [1.82, 2.24) is 9.55 Å². The molecule has 0 spiro atoms. The van der Waals surface area contributed by atoms with Crippen molar-refractivity contribution in [3.63, 3.8) is 0 Å². The van der Waals surface area contributed by atoms with Crippen molar-refractivity contribution in [1.29, 1.82) is 0 Å². The molecule has 90 valence electrons. The molecule has 0 amide bonds. The highest BCUT2D eigenvalue weighted by Crippen LogP contribution is 2.33. The lowest BCUT2D eigenvalue weighted by atomic mass is 10.2. The van der Waals surface area contributed by atoms with Crippen LogP contribution in [0.15, 0.2) is 12.4 Å². The number of ether oxygens (including phenoxy) is 1. The van der Waals surface area contributed by atoms with Gasteiger partial charge in [-0.1, -0.05) is 0 Å². The largest absolute Gasteiger partial charge is 0.383 e. The molecule has 16 heavy (non-hydrogen) atoms. The van der Waals surface area contributed by atoms with Crippen LogP contribution in [0.5, 0.6) is 0 Å². The summed E-state index contributed by atoms with van der Waals surface area (Å²) in [7, 11) is 1.73. The Hall–Kier alpha value is -1.03. The summed E-state index contributed by atoms with van der Waals surface area (Å²) in [6.45, 7) is 5.08. The standard InChI is InChI=1S/C12H21N3O/c1-9(8-16-3)15-7-6-13-12(15)14-10(2)11-4-5-11/h6-7,9-11H,4-5,8H2,1-3H3,(H,13,14). The van der Waals surface area contributed by atoms with Crippen molar-refractivity contribution < 1.29 is 4.74 Å².